The number of halogens is 4. The maximum absolute atomic E-state index is 11.8. The van der Waals surface area contributed by atoms with Gasteiger partial charge < -0.3 is 5.32 Å². The first-order chi connectivity index (χ1) is 9.95. The number of hydrogen-bond donors (Lipinski definition) is 1. The lowest BCUT2D eigenvalue weighted by Gasteiger charge is -2.05. The van der Waals surface area contributed by atoms with Crippen molar-refractivity contribution in [2.45, 2.75) is 0 Å². The van der Waals surface area contributed by atoms with Gasteiger partial charge >= 0.3 is 0 Å². The zero-order valence-electron chi connectivity index (χ0n) is 10.5. The van der Waals surface area contributed by atoms with Crippen molar-refractivity contribution in [3.63, 3.8) is 0 Å². The highest BCUT2D eigenvalue weighted by Gasteiger charge is 2.04. The Hall–Kier alpha value is -1.19. The fraction of sp³-hybridized carbons (Fsp3) is 0. The first kappa shape index (κ1) is 16.2. The molecule has 0 aromatic heterocycles. The third kappa shape index (κ3) is 4.65. The van der Waals surface area contributed by atoms with Crippen LogP contribution in [0.5, 0.6) is 0 Å². The van der Waals surface area contributed by atoms with Crippen LogP contribution in [-0.2, 0) is 4.79 Å². The molecular weight excluding hydrogens is 352 g/mol. The van der Waals surface area contributed by atoms with Gasteiger partial charge in [-0.25, -0.2) is 0 Å². The number of anilines is 1. The quantitative estimate of drug-likeness (QED) is 0.673. The molecule has 0 spiro atoms. The van der Waals surface area contributed by atoms with Crippen molar-refractivity contribution in [2.24, 2.45) is 0 Å². The molecule has 21 heavy (non-hydrogen) atoms. The molecule has 0 aliphatic heterocycles. The van der Waals surface area contributed by atoms with Crippen molar-refractivity contribution < 1.29 is 4.79 Å². The summed E-state index contributed by atoms with van der Waals surface area (Å²) in [5, 5.41) is 4.53. The highest BCUT2D eigenvalue weighted by molar-refractivity contribution is 6.37. The second kappa shape index (κ2) is 7.19. The summed E-state index contributed by atoms with van der Waals surface area (Å²) >= 11 is 23.6. The third-order valence-electron chi connectivity index (χ3n) is 2.57. The topological polar surface area (TPSA) is 29.1 Å². The number of carbonyl (C=O) groups is 1. The van der Waals surface area contributed by atoms with E-state index in [2.05, 4.69) is 5.32 Å². The Morgan fingerprint density at radius 2 is 1.52 bits per heavy atom. The van der Waals surface area contributed by atoms with Gasteiger partial charge in [0.15, 0.2) is 0 Å². The lowest BCUT2D eigenvalue weighted by Crippen LogP contribution is -2.08. The molecule has 0 aliphatic rings. The van der Waals surface area contributed by atoms with Gasteiger partial charge in [-0.3, -0.25) is 4.79 Å². The van der Waals surface area contributed by atoms with Crippen LogP contribution >= 0.6 is 46.4 Å². The maximum atomic E-state index is 11.8. The van der Waals surface area contributed by atoms with Crippen LogP contribution in [-0.4, -0.2) is 5.91 Å². The Labute approximate surface area is 142 Å². The number of carbonyl (C=O) groups excluding carboxylic acids is 1. The highest BCUT2D eigenvalue weighted by Crippen LogP contribution is 2.25. The molecule has 2 aromatic rings. The van der Waals surface area contributed by atoms with Crippen LogP contribution in [0.3, 0.4) is 0 Å². The lowest BCUT2D eigenvalue weighted by atomic mass is 10.2. The molecule has 0 fully saturated rings. The van der Waals surface area contributed by atoms with E-state index < -0.39 is 0 Å². The van der Waals surface area contributed by atoms with Crippen molar-refractivity contribution in [3.8, 4) is 0 Å². The van der Waals surface area contributed by atoms with E-state index in [-0.39, 0.29) is 5.91 Å². The predicted molar refractivity (Wildman–Crippen MR) is 90.6 cm³/mol. The predicted octanol–water partition coefficient (Wildman–Crippen LogP) is 5.95. The maximum Gasteiger partial charge on any atom is 0.248 e. The smallest absolute Gasteiger partial charge is 0.248 e. The summed E-state index contributed by atoms with van der Waals surface area (Å²) in [4.78, 5) is 11.8. The van der Waals surface area contributed by atoms with Crippen molar-refractivity contribution in [3.05, 3.63) is 68.1 Å². The second-order valence-electron chi connectivity index (χ2n) is 4.11. The molecule has 0 heterocycles. The van der Waals surface area contributed by atoms with E-state index in [9.17, 15) is 4.79 Å². The SMILES string of the molecule is O=C(C=Cc1ccc(Cl)cc1Cl)Nc1ccc(Cl)cc1Cl. The normalized spacial score (nSPS) is 10.9. The Morgan fingerprint density at radius 3 is 2.14 bits per heavy atom. The molecule has 2 nitrogen and oxygen atoms in total. The van der Waals surface area contributed by atoms with E-state index in [1.54, 1.807) is 42.5 Å². The Balaban J connectivity index is 2.09. The number of hydrogen-bond acceptors (Lipinski definition) is 1. The van der Waals surface area contributed by atoms with Crippen LogP contribution in [0.1, 0.15) is 5.56 Å². The van der Waals surface area contributed by atoms with E-state index in [1.807, 2.05) is 0 Å². The molecule has 2 rings (SSSR count). The molecule has 6 heteroatoms. The molecule has 0 aliphatic carbocycles. The summed E-state index contributed by atoms with van der Waals surface area (Å²) in [6, 6.07) is 9.86. The van der Waals surface area contributed by atoms with Crippen molar-refractivity contribution in [1.82, 2.24) is 0 Å². The zero-order valence-corrected chi connectivity index (χ0v) is 13.6. The van der Waals surface area contributed by atoms with Gasteiger partial charge in [-0.15, -0.1) is 0 Å². The first-order valence-electron chi connectivity index (χ1n) is 5.85. The number of amides is 1. The Morgan fingerprint density at radius 1 is 0.905 bits per heavy atom. The van der Waals surface area contributed by atoms with E-state index in [0.717, 1.165) is 0 Å². The van der Waals surface area contributed by atoms with Crippen LogP contribution in [0, 0.1) is 0 Å². The van der Waals surface area contributed by atoms with Gasteiger partial charge in [0.05, 0.1) is 10.7 Å². The first-order valence-corrected chi connectivity index (χ1v) is 7.36. The summed E-state index contributed by atoms with van der Waals surface area (Å²) < 4.78 is 0. The largest absolute Gasteiger partial charge is 0.321 e. The fourth-order valence-corrected chi connectivity index (χ4v) is 2.49. The minimum Gasteiger partial charge on any atom is -0.321 e. The minimum atomic E-state index is -0.328. The van der Waals surface area contributed by atoms with Crippen molar-refractivity contribution in [2.75, 3.05) is 5.32 Å². The zero-order chi connectivity index (χ0) is 15.4. The average molecular weight is 361 g/mol. The van der Waals surface area contributed by atoms with Gasteiger partial charge in [-0.1, -0.05) is 52.5 Å². The van der Waals surface area contributed by atoms with Crippen molar-refractivity contribution in [1.29, 1.82) is 0 Å². The minimum absolute atomic E-state index is 0.328. The summed E-state index contributed by atoms with van der Waals surface area (Å²) in [5.41, 5.74) is 1.18. The molecule has 108 valence electrons. The average Bonchev–Trinajstić information content (AvgIpc) is 2.41. The van der Waals surface area contributed by atoms with Gasteiger partial charge in [0, 0.05) is 21.1 Å². The van der Waals surface area contributed by atoms with E-state index in [0.29, 0.717) is 31.3 Å². The van der Waals surface area contributed by atoms with Crippen LogP contribution in [0.25, 0.3) is 6.08 Å². The van der Waals surface area contributed by atoms with E-state index >= 15 is 0 Å². The summed E-state index contributed by atoms with van der Waals surface area (Å²) in [6.07, 6.45) is 2.96. The van der Waals surface area contributed by atoms with Crippen LogP contribution < -0.4 is 5.32 Å². The van der Waals surface area contributed by atoms with E-state index in [4.69, 9.17) is 46.4 Å². The van der Waals surface area contributed by atoms with Gasteiger partial charge in [-0.05, 0) is 42.0 Å². The van der Waals surface area contributed by atoms with Crippen molar-refractivity contribution >= 4 is 64.1 Å². The molecule has 0 saturated carbocycles. The number of rotatable bonds is 3. The van der Waals surface area contributed by atoms with Crippen LogP contribution in [0.2, 0.25) is 20.1 Å². The summed E-state index contributed by atoms with van der Waals surface area (Å²) in [7, 11) is 0. The van der Waals surface area contributed by atoms with Gasteiger partial charge in [-0.2, -0.15) is 0 Å². The highest BCUT2D eigenvalue weighted by atomic mass is 35.5. The van der Waals surface area contributed by atoms with E-state index in [1.165, 1.54) is 6.08 Å². The van der Waals surface area contributed by atoms with Gasteiger partial charge in [0.1, 0.15) is 0 Å². The molecule has 0 atom stereocenters. The second-order valence-corrected chi connectivity index (χ2v) is 5.80. The van der Waals surface area contributed by atoms with Gasteiger partial charge in [0.2, 0.25) is 5.91 Å². The Kier molecular flexibility index (Phi) is 5.54. The Bertz CT molecular complexity index is 713. The molecule has 0 unspecified atom stereocenters. The summed E-state index contributed by atoms with van der Waals surface area (Å²) in [6.45, 7) is 0. The lowest BCUT2D eigenvalue weighted by molar-refractivity contribution is -0.111. The summed E-state index contributed by atoms with van der Waals surface area (Å²) in [5.74, 6) is -0.328. The number of benzene rings is 2. The third-order valence-corrected chi connectivity index (χ3v) is 3.68. The van der Waals surface area contributed by atoms with Gasteiger partial charge in [0.25, 0.3) is 0 Å². The molecule has 0 bridgehead atoms. The molecule has 0 radical (unpaired) electrons. The van der Waals surface area contributed by atoms with Crippen LogP contribution in [0.15, 0.2) is 42.5 Å². The molecule has 1 amide bonds. The number of nitrogens with one attached hydrogen (secondary N) is 1. The molecule has 2 aromatic carbocycles. The fourth-order valence-electron chi connectivity index (χ4n) is 1.57. The standard InChI is InChI=1S/C15H9Cl4NO/c16-10-3-1-9(12(18)7-10)2-6-15(21)20-14-5-4-11(17)8-13(14)19/h1-8H,(H,20,21). The monoisotopic (exact) mass is 359 g/mol. The molecule has 0 saturated heterocycles. The van der Waals surface area contributed by atoms with Crippen LogP contribution in [0.4, 0.5) is 5.69 Å². The molecular formula is C15H9Cl4NO. The molecule has 1 N–H and O–H groups in total.